The Hall–Kier alpha value is -7.47. The van der Waals surface area contributed by atoms with Crippen molar-refractivity contribution in [2.24, 2.45) is 5.73 Å². The van der Waals surface area contributed by atoms with E-state index in [2.05, 4.69) is 55.5 Å². The van der Waals surface area contributed by atoms with Crippen LogP contribution in [0.1, 0.15) is 196 Å². The summed E-state index contributed by atoms with van der Waals surface area (Å²) in [6, 6.07) is 41.2. The average Bonchev–Trinajstić information content (AvgIpc) is 2.42. The maximum atomic E-state index is 11.1. The Bertz CT molecular complexity index is 2710. The van der Waals surface area contributed by atoms with Crippen molar-refractivity contribution >= 4 is 73.9 Å². The molecule has 0 unspecified atom stereocenters. The predicted octanol–water partition coefficient (Wildman–Crippen LogP) is 16.3. The molecule has 0 saturated carbocycles. The summed E-state index contributed by atoms with van der Waals surface area (Å²) in [5.74, 6) is -2.14. The molecular formula is C69H99Br2NO18. The van der Waals surface area contributed by atoms with Crippen LogP contribution in [-0.4, -0.2) is 120 Å². The van der Waals surface area contributed by atoms with Crippen molar-refractivity contribution in [1.82, 2.24) is 0 Å². The van der Waals surface area contributed by atoms with Gasteiger partial charge in [0.1, 0.15) is 6.29 Å². The van der Waals surface area contributed by atoms with E-state index >= 15 is 0 Å². The number of halogens is 2. The molecule has 0 atom stereocenters. The molecule has 90 heavy (non-hydrogen) atoms. The summed E-state index contributed by atoms with van der Waals surface area (Å²) in [6.07, 6.45) is -0.494. The van der Waals surface area contributed by atoms with Crippen molar-refractivity contribution in [3.05, 3.63) is 212 Å². The van der Waals surface area contributed by atoms with Crippen molar-refractivity contribution in [1.29, 1.82) is 0 Å². The molecule has 0 fully saturated rings. The molecule has 6 aromatic rings. The van der Waals surface area contributed by atoms with Gasteiger partial charge in [-0.05, 0) is 85.3 Å². The fraction of sp³-hybridized carbons (Fsp3) is 0.377. The Morgan fingerprint density at radius 2 is 0.544 bits per heavy atom. The van der Waals surface area contributed by atoms with Crippen molar-refractivity contribution in [3.63, 3.8) is 0 Å². The van der Waals surface area contributed by atoms with E-state index < -0.39 is 30.7 Å². The second-order valence-electron chi connectivity index (χ2n) is 15.6. The highest BCUT2D eigenvalue weighted by Crippen LogP contribution is 2.29. The third kappa shape index (κ3) is 37.5. The number of hydrogen-bond donors (Lipinski definition) is 1. The van der Waals surface area contributed by atoms with Gasteiger partial charge in [0, 0.05) is 73.2 Å². The Morgan fingerprint density at radius 1 is 0.356 bits per heavy atom. The molecule has 0 radical (unpaired) electrons. The summed E-state index contributed by atoms with van der Waals surface area (Å²) >= 11 is 6.72. The quantitative estimate of drug-likeness (QED) is 0.0293. The number of methoxy groups -OCH3 is 11. The number of ether oxygens (including phenoxy) is 11. The van der Waals surface area contributed by atoms with Crippen LogP contribution in [0.4, 0.5) is 0 Å². The lowest BCUT2D eigenvalue weighted by atomic mass is 10.1. The van der Waals surface area contributed by atoms with E-state index in [4.69, 9.17) is 36.9 Å². The Balaban J connectivity index is -0.000000234. The number of primary amides is 1. The minimum Gasteiger partial charge on any atom is -0.465 e. The highest BCUT2D eigenvalue weighted by Gasteiger charge is 2.13. The lowest BCUT2D eigenvalue weighted by molar-refractivity contribution is -0.106. The number of aryl methyl sites for hydroxylation is 1. The fourth-order valence-corrected chi connectivity index (χ4v) is 6.81. The van der Waals surface area contributed by atoms with Crippen molar-refractivity contribution in [2.45, 2.75) is 99.7 Å². The van der Waals surface area contributed by atoms with E-state index in [0.717, 1.165) is 34.1 Å². The minimum absolute atomic E-state index is 0.117. The van der Waals surface area contributed by atoms with Crippen LogP contribution in [0.15, 0.2) is 146 Å². The fourth-order valence-electron chi connectivity index (χ4n) is 6.20. The van der Waals surface area contributed by atoms with Crippen molar-refractivity contribution < 1.29 is 88.4 Å². The molecule has 0 spiro atoms. The van der Waals surface area contributed by atoms with Crippen LogP contribution in [0.25, 0.3) is 0 Å². The summed E-state index contributed by atoms with van der Waals surface area (Å²) in [7, 11) is 18.6. The van der Waals surface area contributed by atoms with Gasteiger partial charge in [-0.2, -0.15) is 0 Å². The molecule has 0 bridgehead atoms. The number of esters is 5. The van der Waals surface area contributed by atoms with E-state index in [9.17, 15) is 33.6 Å². The first-order chi connectivity index (χ1) is 44.3. The third-order valence-corrected chi connectivity index (χ3v) is 11.5. The molecule has 2 N–H and O–H groups in total. The van der Waals surface area contributed by atoms with Gasteiger partial charge in [-0.25, -0.2) is 24.0 Å². The van der Waals surface area contributed by atoms with Crippen LogP contribution in [0.2, 0.25) is 0 Å². The largest absolute Gasteiger partial charge is 0.465 e. The summed E-state index contributed by atoms with van der Waals surface area (Å²) in [6.45, 7) is 18.0. The number of carbonyl (C=O) groups excluding carboxylic acids is 7. The molecule has 0 aliphatic rings. The molecular weight excluding hydrogens is 1290 g/mol. The Kier molecular flexibility index (Phi) is 58.5. The lowest BCUT2D eigenvalue weighted by Gasteiger charge is -2.13. The number of nitrogens with two attached hydrogens (primary N) is 1. The molecule has 0 aromatic heterocycles. The van der Waals surface area contributed by atoms with Crippen LogP contribution in [-0.2, 0) is 52.1 Å². The van der Waals surface area contributed by atoms with Gasteiger partial charge in [-0.3, -0.25) is 9.59 Å². The highest BCUT2D eigenvalue weighted by atomic mass is 79.9. The normalized spacial score (nSPS) is 9.33. The molecule has 21 heteroatoms. The zero-order valence-electron chi connectivity index (χ0n) is 58.4. The van der Waals surface area contributed by atoms with Crippen molar-refractivity contribution in [2.75, 3.05) is 78.2 Å². The summed E-state index contributed by atoms with van der Waals surface area (Å²) in [5, 5.41) is 0. The first-order valence-corrected chi connectivity index (χ1v) is 29.3. The van der Waals surface area contributed by atoms with E-state index in [1.165, 1.54) is 50.4 Å². The summed E-state index contributed by atoms with van der Waals surface area (Å²) in [5.41, 5.74) is 13.5. The number of carbonyl (C=O) groups is 7. The summed E-state index contributed by atoms with van der Waals surface area (Å²) < 4.78 is 64.8. The molecule has 6 rings (SSSR count). The maximum Gasteiger partial charge on any atom is 0.337 e. The smallest absolute Gasteiger partial charge is 0.337 e. The minimum atomic E-state index is -0.442. The van der Waals surface area contributed by atoms with Gasteiger partial charge < -0.3 is 57.8 Å². The van der Waals surface area contributed by atoms with Gasteiger partial charge in [-0.1, -0.05) is 180 Å². The average molecular weight is 1390 g/mol. The molecule has 19 nitrogen and oxygen atoms in total. The Morgan fingerprint density at radius 3 is 0.722 bits per heavy atom. The maximum absolute atomic E-state index is 11.1. The van der Waals surface area contributed by atoms with E-state index in [1.54, 1.807) is 164 Å². The Labute approximate surface area is 555 Å². The number of amides is 1. The molecule has 0 aliphatic carbocycles. The highest BCUT2D eigenvalue weighted by molar-refractivity contribution is 9.24. The molecule has 0 aliphatic heterocycles. The lowest BCUT2D eigenvalue weighted by Crippen LogP contribution is -2.11. The first kappa shape index (κ1) is 89.0. The van der Waals surface area contributed by atoms with E-state index in [0.29, 0.717) is 38.9 Å². The number of benzene rings is 6. The van der Waals surface area contributed by atoms with Gasteiger partial charge >= 0.3 is 29.8 Å². The third-order valence-electron chi connectivity index (χ3n) is 10.5. The first-order valence-electron chi connectivity index (χ1n) is 29.5. The number of aldehydes is 1. The number of hydrogen-bond acceptors (Lipinski definition) is 18. The van der Waals surface area contributed by atoms with Gasteiger partial charge in [0.05, 0.1) is 67.1 Å². The molecule has 0 saturated heterocycles. The van der Waals surface area contributed by atoms with Crippen molar-refractivity contribution in [3.8, 4) is 0 Å². The molecule has 1 amide bonds. The standard InChI is InChI=1S/2C11H14O4.C10H13NO3.C9H8Br2O2.C9H8O3.C9H10O2.4C2H6.2CH4/c2*1-13-10(12)8-4-6-9(7-5-8)11(14-2)15-3;1-13-10(14-2)8-5-3-7(4-6-8)9(11)12;1-13-9(12)7-4-2-6(3-5-7)8(10)11;1-12-9(11)8-4-2-7(6-10)3-5-8;1-7-3-5-8(6-4-7)9(10)11-2;4*1-2;;/h2*4-7,11H,1-3H3;3-6,10H,1-2H3,(H2,11,12);2-5,8H,1H3;2-6H,1H3;3-6H,1-2H3;4*1-2H3;2*1H4/i;;;;;;;;;;2*1D. The van der Waals surface area contributed by atoms with Crippen LogP contribution in [0.3, 0.4) is 0 Å². The van der Waals surface area contributed by atoms with Gasteiger partial charge in [0.15, 0.2) is 18.9 Å². The second kappa shape index (κ2) is 59.2. The molecule has 502 valence electrons. The van der Waals surface area contributed by atoms with Crippen LogP contribution < -0.4 is 5.73 Å². The molecule has 6 aromatic carbocycles. The van der Waals surface area contributed by atoms with Crippen LogP contribution in [0.5, 0.6) is 0 Å². The van der Waals surface area contributed by atoms with Gasteiger partial charge in [0.2, 0.25) is 5.91 Å². The van der Waals surface area contributed by atoms with E-state index in [-0.39, 0.29) is 27.6 Å². The predicted molar refractivity (Wildman–Crippen MR) is 364 cm³/mol. The monoisotopic (exact) mass is 1390 g/mol. The van der Waals surface area contributed by atoms with Gasteiger partial charge in [0.25, 0.3) is 0 Å². The topological polar surface area (TPSA) is 247 Å². The molecule has 0 heterocycles. The van der Waals surface area contributed by atoms with E-state index in [1.807, 2.05) is 86.6 Å². The zero-order chi connectivity index (χ0) is 72.2. The van der Waals surface area contributed by atoms with Gasteiger partial charge in [-0.15, -0.1) is 0 Å². The second-order valence-corrected chi connectivity index (χ2v) is 18.7. The van der Waals surface area contributed by atoms with Crippen LogP contribution in [0, 0.1) is 6.92 Å². The SMILES string of the molecule is CC.CC.CC.CC.COC(=O)c1ccc(C(Br)Br)cc1.COC(=O)c1ccc(C(OC)OC)cc1.COC(=O)c1ccc(C(OC)OC)cc1.COC(=O)c1ccc(C)cc1.COC(=O)c1ccc(C=O)cc1.COC(OC)c1ccc(C(N)=O)cc1.[2H]C.[2H]C. The number of alkyl halides is 2. The number of rotatable bonds is 17. The summed E-state index contributed by atoms with van der Waals surface area (Å²) in [4.78, 5) is 76.2. The van der Waals surface area contributed by atoms with Crippen LogP contribution >= 0.6 is 31.9 Å². The zero-order valence-corrected chi connectivity index (χ0v) is 59.6.